The summed E-state index contributed by atoms with van der Waals surface area (Å²) >= 11 is 0. The van der Waals surface area contributed by atoms with Crippen molar-refractivity contribution in [1.82, 2.24) is 19.8 Å². The Kier molecular flexibility index (Phi) is 7.95. The molecule has 1 aliphatic heterocycles. The first kappa shape index (κ1) is 24.0. The summed E-state index contributed by atoms with van der Waals surface area (Å²) < 4.78 is 1.53. The Hall–Kier alpha value is -3.19. The predicted octanol–water partition coefficient (Wildman–Crippen LogP) is 3.12. The highest BCUT2D eigenvalue weighted by Crippen LogP contribution is 2.18. The highest BCUT2D eigenvalue weighted by Gasteiger charge is 2.16. The number of carbonyl (C=O) groups excluding carboxylic acids is 1. The molecule has 1 aliphatic rings. The lowest BCUT2D eigenvalue weighted by Crippen LogP contribution is -2.46. The van der Waals surface area contributed by atoms with Crippen LogP contribution in [0.3, 0.4) is 0 Å². The van der Waals surface area contributed by atoms with Gasteiger partial charge in [-0.1, -0.05) is 24.3 Å². The standard InChI is InChI=1S/C27H35N5O2/c1-21-7-5-9-23(19-21)31-17-15-30(16-18-31)13-4-3-12-28-25(33)11-14-32-20-29-26-22(2)8-6-10-24(26)27(32)34/h5-10,19-20H,3-4,11-18H2,1-2H3,(H,28,33). The number of unbranched alkanes of at least 4 members (excludes halogenated alkanes) is 1. The lowest BCUT2D eigenvalue weighted by Gasteiger charge is -2.36. The number of piperazine rings is 1. The summed E-state index contributed by atoms with van der Waals surface area (Å²) in [6.07, 6.45) is 3.85. The maximum absolute atomic E-state index is 12.6. The third-order valence-electron chi connectivity index (χ3n) is 6.60. The van der Waals surface area contributed by atoms with E-state index >= 15 is 0 Å². The summed E-state index contributed by atoms with van der Waals surface area (Å²) in [5.41, 5.74) is 4.23. The minimum atomic E-state index is -0.0935. The van der Waals surface area contributed by atoms with E-state index in [1.165, 1.54) is 15.8 Å². The quantitative estimate of drug-likeness (QED) is 0.496. The molecule has 0 unspecified atom stereocenters. The van der Waals surface area contributed by atoms with Crippen LogP contribution >= 0.6 is 0 Å². The van der Waals surface area contributed by atoms with Crippen molar-refractivity contribution in [3.63, 3.8) is 0 Å². The van der Waals surface area contributed by atoms with Crippen LogP contribution in [0.1, 0.15) is 30.4 Å². The number of anilines is 1. The van der Waals surface area contributed by atoms with Crippen molar-refractivity contribution in [2.45, 2.75) is 39.7 Å². The molecule has 4 rings (SSSR count). The van der Waals surface area contributed by atoms with E-state index in [1.54, 1.807) is 12.4 Å². The number of fused-ring (bicyclic) bond motifs is 1. The number of amides is 1. The number of aryl methyl sites for hydroxylation is 3. The summed E-state index contributed by atoms with van der Waals surface area (Å²) in [6.45, 7) is 10.4. The van der Waals surface area contributed by atoms with Gasteiger partial charge >= 0.3 is 0 Å². The summed E-state index contributed by atoms with van der Waals surface area (Å²) in [5.74, 6) is -0.0250. The monoisotopic (exact) mass is 461 g/mol. The Bertz CT molecular complexity index is 1180. The fourth-order valence-electron chi connectivity index (χ4n) is 4.55. The van der Waals surface area contributed by atoms with E-state index < -0.39 is 0 Å². The van der Waals surface area contributed by atoms with E-state index in [-0.39, 0.29) is 17.9 Å². The molecule has 0 atom stereocenters. The lowest BCUT2D eigenvalue weighted by molar-refractivity contribution is -0.121. The van der Waals surface area contributed by atoms with Crippen LogP contribution in [0.25, 0.3) is 10.9 Å². The number of nitrogens with zero attached hydrogens (tertiary/aromatic N) is 4. The molecule has 3 aromatic rings. The Labute approximate surface area is 201 Å². The van der Waals surface area contributed by atoms with E-state index in [0.29, 0.717) is 18.5 Å². The van der Waals surface area contributed by atoms with Crippen LogP contribution in [-0.4, -0.2) is 59.6 Å². The largest absolute Gasteiger partial charge is 0.369 e. The summed E-state index contributed by atoms with van der Waals surface area (Å²) in [7, 11) is 0. The molecule has 7 heteroatoms. The Morgan fingerprint density at radius 2 is 1.79 bits per heavy atom. The first-order chi connectivity index (χ1) is 16.5. The SMILES string of the molecule is Cc1cccc(N2CCN(CCCCNC(=O)CCn3cnc4c(C)cccc4c3=O)CC2)c1. The van der Waals surface area contributed by atoms with Gasteiger partial charge in [0, 0.05) is 51.4 Å². The average Bonchev–Trinajstić information content (AvgIpc) is 2.84. The Morgan fingerprint density at radius 3 is 2.59 bits per heavy atom. The van der Waals surface area contributed by atoms with Crippen LogP contribution in [-0.2, 0) is 11.3 Å². The molecular weight excluding hydrogens is 426 g/mol. The molecule has 0 aliphatic carbocycles. The number of hydrogen-bond donors (Lipinski definition) is 1. The topological polar surface area (TPSA) is 70.5 Å². The molecule has 2 aromatic carbocycles. The third-order valence-corrected chi connectivity index (χ3v) is 6.60. The molecule has 7 nitrogen and oxygen atoms in total. The maximum Gasteiger partial charge on any atom is 0.261 e. The smallest absolute Gasteiger partial charge is 0.261 e. The minimum Gasteiger partial charge on any atom is -0.369 e. The van der Waals surface area contributed by atoms with E-state index in [0.717, 1.165) is 56.6 Å². The van der Waals surface area contributed by atoms with Gasteiger partial charge in [-0.05, 0) is 62.6 Å². The summed E-state index contributed by atoms with van der Waals surface area (Å²) in [6, 6.07) is 14.3. The van der Waals surface area contributed by atoms with Gasteiger partial charge in [0.1, 0.15) is 0 Å². The normalized spacial score (nSPS) is 14.5. The van der Waals surface area contributed by atoms with Crippen LogP contribution in [0.15, 0.2) is 53.6 Å². The van der Waals surface area contributed by atoms with Gasteiger partial charge in [-0.15, -0.1) is 0 Å². The molecule has 1 saturated heterocycles. The molecule has 1 aromatic heterocycles. The minimum absolute atomic E-state index is 0.0250. The van der Waals surface area contributed by atoms with E-state index in [4.69, 9.17) is 0 Å². The molecule has 2 heterocycles. The number of aromatic nitrogens is 2. The van der Waals surface area contributed by atoms with Crippen molar-refractivity contribution in [1.29, 1.82) is 0 Å². The number of nitrogens with one attached hydrogen (secondary N) is 1. The molecule has 0 radical (unpaired) electrons. The zero-order valence-corrected chi connectivity index (χ0v) is 20.3. The average molecular weight is 462 g/mol. The molecule has 180 valence electrons. The van der Waals surface area contributed by atoms with E-state index in [2.05, 4.69) is 51.3 Å². The molecule has 0 saturated carbocycles. The van der Waals surface area contributed by atoms with Crippen molar-refractivity contribution >= 4 is 22.5 Å². The van der Waals surface area contributed by atoms with Crippen LogP contribution in [0.2, 0.25) is 0 Å². The molecule has 0 bridgehead atoms. The van der Waals surface area contributed by atoms with Gasteiger partial charge in [0.05, 0.1) is 17.2 Å². The van der Waals surface area contributed by atoms with Gasteiger partial charge in [-0.25, -0.2) is 4.98 Å². The van der Waals surface area contributed by atoms with Crippen LogP contribution in [0.5, 0.6) is 0 Å². The van der Waals surface area contributed by atoms with Gasteiger partial charge < -0.3 is 10.2 Å². The third kappa shape index (κ3) is 6.03. The second kappa shape index (κ2) is 11.3. The van der Waals surface area contributed by atoms with Gasteiger partial charge in [0.25, 0.3) is 5.56 Å². The number of rotatable bonds is 9. The first-order valence-corrected chi connectivity index (χ1v) is 12.3. The second-order valence-electron chi connectivity index (χ2n) is 9.19. The Balaban J connectivity index is 1.12. The van der Waals surface area contributed by atoms with Crippen molar-refractivity contribution < 1.29 is 4.79 Å². The highest BCUT2D eigenvalue weighted by molar-refractivity contribution is 5.80. The van der Waals surface area contributed by atoms with Gasteiger partial charge in [0.15, 0.2) is 0 Å². The molecule has 1 N–H and O–H groups in total. The molecule has 1 amide bonds. The fourth-order valence-corrected chi connectivity index (χ4v) is 4.55. The van der Waals surface area contributed by atoms with Gasteiger partial charge in [-0.2, -0.15) is 0 Å². The Morgan fingerprint density at radius 1 is 1.00 bits per heavy atom. The second-order valence-corrected chi connectivity index (χ2v) is 9.19. The zero-order chi connectivity index (χ0) is 23.9. The molecular formula is C27H35N5O2. The van der Waals surface area contributed by atoms with E-state index in [1.807, 2.05) is 19.1 Å². The number of carbonyl (C=O) groups is 1. The lowest BCUT2D eigenvalue weighted by atomic mass is 10.1. The highest BCUT2D eigenvalue weighted by atomic mass is 16.1. The number of para-hydroxylation sites is 1. The van der Waals surface area contributed by atoms with Crippen molar-refractivity contribution in [2.75, 3.05) is 44.2 Å². The van der Waals surface area contributed by atoms with Gasteiger partial charge in [-0.3, -0.25) is 19.1 Å². The predicted molar refractivity (Wildman–Crippen MR) is 137 cm³/mol. The van der Waals surface area contributed by atoms with Crippen molar-refractivity contribution in [2.24, 2.45) is 0 Å². The fraction of sp³-hybridized carbons (Fsp3) is 0.444. The number of hydrogen-bond acceptors (Lipinski definition) is 5. The summed E-state index contributed by atoms with van der Waals surface area (Å²) in [4.78, 5) is 34.3. The van der Waals surface area contributed by atoms with Crippen LogP contribution in [0.4, 0.5) is 5.69 Å². The first-order valence-electron chi connectivity index (χ1n) is 12.3. The molecule has 34 heavy (non-hydrogen) atoms. The van der Waals surface area contributed by atoms with Gasteiger partial charge in [0.2, 0.25) is 5.91 Å². The van der Waals surface area contributed by atoms with Crippen LogP contribution < -0.4 is 15.8 Å². The summed E-state index contributed by atoms with van der Waals surface area (Å²) in [5, 5.41) is 3.59. The number of benzene rings is 2. The molecule has 0 spiro atoms. The zero-order valence-electron chi connectivity index (χ0n) is 20.3. The van der Waals surface area contributed by atoms with Crippen LogP contribution in [0, 0.1) is 13.8 Å². The van der Waals surface area contributed by atoms with E-state index in [9.17, 15) is 9.59 Å². The molecule has 1 fully saturated rings. The van der Waals surface area contributed by atoms with Crippen molar-refractivity contribution in [3.05, 3.63) is 70.3 Å². The van der Waals surface area contributed by atoms with Crippen molar-refractivity contribution in [3.8, 4) is 0 Å². The maximum atomic E-state index is 12.6.